The predicted molar refractivity (Wildman–Crippen MR) is 159 cm³/mol. The average molecular weight is 582 g/mol. The van der Waals surface area contributed by atoms with Gasteiger partial charge in [0.05, 0.1) is 11.6 Å². The van der Waals surface area contributed by atoms with Gasteiger partial charge in [0.15, 0.2) is 17.4 Å². The average Bonchev–Trinajstić information content (AvgIpc) is 3.29. The fraction of sp³-hybridized carbons (Fsp3) is 0.455. The largest absolute Gasteiger partial charge is 0.451 e. The molecule has 2 amide bonds. The summed E-state index contributed by atoms with van der Waals surface area (Å²) in [6.45, 7) is 14.4. The van der Waals surface area contributed by atoms with Crippen LogP contribution >= 0.6 is 0 Å². The molecule has 1 aromatic heterocycles. The molecule has 42 heavy (non-hydrogen) atoms. The van der Waals surface area contributed by atoms with E-state index < -0.39 is 28.5 Å². The highest BCUT2D eigenvalue weighted by molar-refractivity contribution is 6.02. The van der Waals surface area contributed by atoms with Crippen molar-refractivity contribution >= 4 is 12.0 Å². The number of carbonyl (C=O) groups excluding carboxylic acids is 2. The van der Waals surface area contributed by atoms with Gasteiger partial charge in [0.25, 0.3) is 5.91 Å². The molecule has 7 nitrogen and oxygen atoms in total. The van der Waals surface area contributed by atoms with Crippen molar-refractivity contribution in [2.75, 3.05) is 13.1 Å². The highest BCUT2D eigenvalue weighted by atomic mass is 19.1. The second kappa shape index (κ2) is 12.2. The Kier molecular flexibility index (Phi) is 8.99. The van der Waals surface area contributed by atoms with Crippen molar-refractivity contribution in [3.05, 3.63) is 71.6 Å². The van der Waals surface area contributed by atoms with Gasteiger partial charge in [-0.25, -0.2) is 13.6 Å². The van der Waals surface area contributed by atoms with Crippen LogP contribution in [0, 0.1) is 11.6 Å². The maximum absolute atomic E-state index is 14.1. The SMILES string of the molecule is CCc1c(C(=O)NC(C)(C)C)c(-c2ccc(Oc3c(F)cccc3F)cc2)cn1[C@@H]1CCCN(C(=O)OC(C)(C)C)C1. The van der Waals surface area contributed by atoms with E-state index in [4.69, 9.17) is 9.47 Å². The van der Waals surface area contributed by atoms with E-state index in [1.807, 2.05) is 54.7 Å². The third-order valence-corrected chi connectivity index (χ3v) is 6.93. The molecule has 0 bridgehead atoms. The molecule has 1 N–H and O–H groups in total. The first kappa shape index (κ1) is 31.1. The zero-order valence-corrected chi connectivity index (χ0v) is 25.5. The van der Waals surface area contributed by atoms with E-state index in [1.165, 1.54) is 6.07 Å². The van der Waals surface area contributed by atoms with Crippen LogP contribution < -0.4 is 10.1 Å². The van der Waals surface area contributed by atoms with E-state index in [-0.39, 0.29) is 23.8 Å². The number of hydrogen-bond acceptors (Lipinski definition) is 4. The smallest absolute Gasteiger partial charge is 0.410 e. The second-order valence-electron chi connectivity index (χ2n) is 12.7. The van der Waals surface area contributed by atoms with Crippen LogP contribution in [0.15, 0.2) is 48.7 Å². The van der Waals surface area contributed by atoms with E-state index in [0.717, 1.165) is 41.8 Å². The minimum Gasteiger partial charge on any atom is -0.451 e. The van der Waals surface area contributed by atoms with Crippen molar-refractivity contribution in [1.82, 2.24) is 14.8 Å². The Labute approximate surface area is 246 Å². The van der Waals surface area contributed by atoms with Crippen LogP contribution in [-0.2, 0) is 11.2 Å². The summed E-state index contributed by atoms with van der Waals surface area (Å²) in [5, 5.41) is 3.10. The van der Waals surface area contributed by atoms with Gasteiger partial charge >= 0.3 is 6.09 Å². The summed E-state index contributed by atoms with van der Waals surface area (Å²) in [6.07, 6.45) is 3.89. The van der Waals surface area contributed by atoms with E-state index in [2.05, 4.69) is 9.88 Å². The van der Waals surface area contributed by atoms with Gasteiger partial charge in [-0.2, -0.15) is 0 Å². The molecule has 4 rings (SSSR count). The summed E-state index contributed by atoms with van der Waals surface area (Å²) < 4.78 is 41.5. The first-order valence-electron chi connectivity index (χ1n) is 14.4. The van der Waals surface area contributed by atoms with E-state index >= 15 is 0 Å². The van der Waals surface area contributed by atoms with Crippen LogP contribution in [-0.4, -0.2) is 45.7 Å². The van der Waals surface area contributed by atoms with Crippen LogP contribution in [0.25, 0.3) is 11.1 Å². The number of aromatic nitrogens is 1. The summed E-state index contributed by atoms with van der Waals surface area (Å²) in [4.78, 5) is 28.3. The minimum absolute atomic E-state index is 0.0391. The van der Waals surface area contributed by atoms with Crippen LogP contribution in [0.3, 0.4) is 0 Å². The van der Waals surface area contributed by atoms with E-state index in [9.17, 15) is 18.4 Å². The first-order chi connectivity index (χ1) is 19.7. The van der Waals surface area contributed by atoms with Crippen molar-refractivity contribution in [3.63, 3.8) is 0 Å². The number of carbonyl (C=O) groups is 2. The van der Waals surface area contributed by atoms with Gasteiger partial charge in [0.1, 0.15) is 11.4 Å². The molecule has 2 heterocycles. The maximum atomic E-state index is 14.1. The second-order valence-corrected chi connectivity index (χ2v) is 12.7. The number of rotatable bonds is 6. The number of benzene rings is 2. The van der Waals surface area contributed by atoms with Crippen molar-refractivity contribution in [3.8, 4) is 22.6 Å². The molecule has 0 unspecified atom stereocenters. The molecule has 9 heteroatoms. The molecule has 1 saturated heterocycles. The maximum Gasteiger partial charge on any atom is 0.410 e. The van der Waals surface area contributed by atoms with Crippen LogP contribution in [0.4, 0.5) is 13.6 Å². The summed E-state index contributed by atoms with van der Waals surface area (Å²) in [5.41, 5.74) is 1.87. The van der Waals surface area contributed by atoms with Gasteiger partial charge in [-0.1, -0.05) is 25.1 Å². The zero-order chi connectivity index (χ0) is 30.8. The molecule has 226 valence electrons. The molecule has 1 atom stereocenters. The van der Waals surface area contributed by atoms with Crippen LogP contribution in [0.5, 0.6) is 11.5 Å². The third kappa shape index (κ3) is 7.30. The Hall–Kier alpha value is -3.88. The zero-order valence-electron chi connectivity index (χ0n) is 25.5. The Morgan fingerprint density at radius 1 is 1.00 bits per heavy atom. The predicted octanol–water partition coefficient (Wildman–Crippen LogP) is 7.89. The van der Waals surface area contributed by atoms with Crippen LogP contribution in [0.1, 0.15) is 83.4 Å². The van der Waals surface area contributed by atoms with Gasteiger partial charge in [-0.05, 0) is 90.6 Å². The Morgan fingerprint density at radius 2 is 1.64 bits per heavy atom. The summed E-state index contributed by atoms with van der Waals surface area (Å²) in [7, 11) is 0. The monoisotopic (exact) mass is 581 g/mol. The van der Waals surface area contributed by atoms with Gasteiger partial charge in [0.2, 0.25) is 0 Å². The molecular weight excluding hydrogens is 540 g/mol. The number of nitrogens with zero attached hydrogens (tertiary/aromatic N) is 2. The lowest BCUT2D eigenvalue weighted by molar-refractivity contribution is 0.0171. The normalized spacial score (nSPS) is 15.8. The number of nitrogens with one attached hydrogen (secondary N) is 1. The standard InChI is InChI=1S/C33H41F2N3O4/c1-8-27-28(30(39)36-32(2,3)4)24(20-38(27)22-11-10-18-37(19-22)31(40)42-33(5,6)7)21-14-16-23(17-15-21)41-29-25(34)12-9-13-26(29)35/h9,12-17,20,22H,8,10-11,18-19H2,1-7H3,(H,36,39)/t22-/m1/s1. The Morgan fingerprint density at radius 3 is 2.21 bits per heavy atom. The quantitative estimate of drug-likeness (QED) is 0.321. The molecule has 1 aliphatic rings. The van der Waals surface area contributed by atoms with Crippen molar-refractivity contribution in [2.24, 2.45) is 0 Å². The fourth-order valence-electron chi connectivity index (χ4n) is 5.20. The molecule has 0 spiro atoms. The lowest BCUT2D eigenvalue weighted by Crippen LogP contribution is -2.43. The summed E-state index contributed by atoms with van der Waals surface area (Å²) >= 11 is 0. The number of ether oxygens (including phenoxy) is 2. The van der Waals surface area contributed by atoms with Crippen molar-refractivity contribution < 1.29 is 27.8 Å². The first-order valence-corrected chi connectivity index (χ1v) is 14.4. The lowest BCUT2D eigenvalue weighted by Gasteiger charge is -2.35. The van der Waals surface area contributed by atoms with Crippen LogP contribution in [0.2, 0.25) is 0 Å². The highest BCUT2D eigenvalue weighted by Gasteiger charge is 2.32. The fourth-order valence-corrected chi connectivity index (χ4v) is 5.20. The lowest BCUT2D eigenvalue weighted by atomic mass is 9.99. The minimum atomic E-state index is -0.794. The number of amides is 2. The molecule has 1 aliphatic heterocycles. The number of para-hydroxylation sites is 1. The summed E-state index contributed by atoms with van der Waals surface area (Å²) in [6, 6.07) is 10.3. The Balaban J connectivity index is 1.71. The molecule has 0 radical (unpaired) electrons. The van der Waals surface area contributed by atoms with Gasteiger partial charge < -0.3 is 24.3 Å². The number of likely N-dealkylation sites (tertiary alicyclic amines) is 1. The third-order valence-electron chi connectivity index (χ3n) is 6.93. The molecule has 1 fully saturated rings. The summed E-state index contributed by atoms with van der Waals surface area (Å²) in [5.74, 6) is -1.99. The molecule has 3 aromatic rings. The molecule has 0 saturated carbocycles. The van der Waals surface area contributed by atoms with E-state index in [1.54, 1.807) is 29.2 Å². The Bertz CT molecular complexity index is 1410. The van der Waals surface area contributed by atoms with E-state index in [0.29, 0.717) is 25.1 Å². The molecular formula is C33H41F2N3O4. The molecule has 2 aromatic carbocycles. The van der Waals surface area contributed by atoms with Crippen molar-refractivity contribution in [2.45, 2.75) is 84.9 Å². The van der Waals surface area contributed by atoms with Gasteiger partial charge in [-0.3, -0.25) is 4.79 Å². The number of hydrogen-bond donors (Lipinski definition) is 1. The van der Waals surface area contributed by atoms with Gasteiger partial charge in [0, 0.05) is 36.1 Å². The van der Waals surface area contributed by atoms with Gasteiger partial charge in [-0.15, -0.1) is 0 Å². The highest BCUT2D eigenvalue weighted by Crippen LogP contribution is 2.36. The molecule has 0 aliphatic carbocycles. The number of piperidine rings is 1. The van der Waals surface area contributed by atoms with Crippen molar-refractivity contribution in [1.29, 1.82) is 0 Å². The topological polar surface area (TPSA) is 72.8 Å². The number of halogens is 2.